The van der Waals surface area contributed by atoms with E-state index in [4.69, 9.17) is 5.11 Å². The summed E-state index contributed by atoms with van der Waals surface area (Å²) in [6.45, 7) is 1.54. The van der Waals surface area contributed by atoms with E-state index in [9.17, 15) is 4.79 Å². The highest BCUT2D eigenvalue weighted by Crippen LogP contribution is 2.21. The summed E-state index contributed by atoms with van der Waals surface area (Å²) >= 11 is 3.33. The minimum absolute atomic E-state index is 0.672. The van der Waals surface area contributed by atoms with Crippen LogP contribution in [-0.4, -0.2) is 26.1 Å². The Kier molecular flexibility index (Phi) is 2.44. The maximum Gasteiger partial charge on any atom is 0.330 e. The van der Waals surface area contributed by atoms with Gasteiger partial charge in [-0.05, 0) is 35.0 Å². The number of hydrogen-bond acceptors (Lipinski definition) is 3. The van der Waals surface area contributed by atoms with Crippen LogP contribution in [0.1, 0.15) is 13.0 Å². The van der Waals surface area contributed by atoms with Gasteiger partial charge in [0.05, 0.1) is 0 Å². The van der Waals surface area contributed by atoms with Crippen molar-refractivity contribution in [2.75, 3.05) is 0 Å². The fraction of sp³-hybridized carbons (Fsp3) is 0.222. The molecule has 6 heteroatoms. The second kappa shape index (κ2) is 3.62. The Morgan fingerprint density at radius 1 is 1.53 bits per heavy atom. The lowest BCUT2D eigenvalue weighted by atomic mass is 10.3. The van der Waals surface area contributed by atoms with Gasteiger partial charge in [0, 0.05) is 4.47 Å². The van der Waals surface area contributed by atoms with Crippen molar-refractivity contribution < 1.29 is 9.90 Å². The summed E-state index contributed by atoms with van der Waals surface area (Å²) in [5.74, 6) is -0.952. The third kappa shape index (κ3) is 1.72. The number of nitrogens with zero attached hydrogens (tertiary/aromatic N) is 3. The van der Waals surface area contributed by atoms with E-state index < -0.39 is 12.0 Å². The van der Waals surface area contributed by atoms with E-state index in [0.717, 1.165) is 4.47 Å². The molecule has 0 aliphatic heterocycles. The van der Waals surface area contributed by atoms with Gasteiger partial charge in [-0.25, -0.2) is 4.79 Å². The molecule has 0 spiro atoms. The largest absolute Gasteiger partial charge is 0.480 e. The van der Waals surface area contributed by atoms with Crippen LogP contribution >= 0.6 is 15.9 Å². The van der Waals surface area contributed by atoms with Crippen molar-refractivity contribution in [2.24, 2.45) is 0 Å². The molecule has 2 aromatic rings. The van der Waals surface area contributed by atoms with Gasteiger partial charge < -0.3 is 5.11 Å². The predicted octanol–water partition coefficient (Wildman–Crippen LogP) is 1.84. The lowest BCUT2D eigenvalue weighted by Gasteiger charge is -2.02. The molecule has 0 amide bonds. The van der Waals surface area contributed by atoms with Gasteiger partial charge in [-0.2, -0.15) is 15.0 Å². The minimum Gasteiger partial charge on any atom is -0.480 e. The third-order valence-corrected chi connectivity index (χ3v) is 2.72. The Balaban J connectivity index is 2.56. The lowest BCUT2D eigenvalue weighted by Crippen LogP contribution is -2.17. The first-order valence-electron chi connectivity index (χ1n) is 4.33. The summed E-state index contributed by atoms with van der Waals surface area (Å²) in [6.07, 6.45) is 0. The van der Waals surface area contributed by atoms with E-state index in [1.807, 2.05) is 12.1 Å². The van der Waals surface area contributed by atoms with Crippen molar-refractivity contribution in [3.05, 3.63) is 22.7 Å². The maximum atomic E-state index is 10.7. The molecule has 2 rings (SSSR count). The number of aromatic nitrogens is 3. The van der Waals surface area contributed by atoms with E-state index in [1.165, 1.54) is 11.7 Å². The highest BCUT2D eigenvalue weighted by molar-refractivity contribution is 9.10. The molecular formula is C9H8BrN3O2. The van der Waals surface area contributed by atoms with E-state index in [-0.39, 0.29) is 0 Å². The van der Waals surface area contributed by atoms with E-state index in [2.05, 4.69) is 26.1 Å². The van der Waals surface area contributed by atoms with Crippen molar-refractivity contribution in [1.29, 1.82) is 0 Å². The number of carboxylic acids is 1. The molecule has 5 nitrogen and oxygen atoms in total. The Hall–Kier alpha value is -1.43. The number of carboxylic acid groups (broad SMARTS) is 1. The molecule has 15 heavy (non-hydrogen) atoms. The van der Waals surface area contributed by atoms with Gasteiger partial charge >= 0.3 is 5.97 Å². The summed E-state index contributed by atoms with van der Waals surface area (Å²) in [5, 5.41) is 17.0. The van der Waals surface area contributed by atoms with Crippen LogP contribution in [-0.2, 0) is 4.79 Å². The number of carbonyl (C=O) groups is 1. The Bertz CT molecular complexity index is 523. The van der Waals surface area contributed by atoms with Crippen molar-refractivity contribution in [1.82, 2.24) is 15.0 Å². The summed E-state index contributed by atoms with van der Waals surface area (Å²) in [5.41, 5.74) is 1.35. The molecule has 1 heterocycles. The molecule has 0 aliphatic carbocycles. The predicted molar refractivity (Wildman–Crippen MR) is 57.6 cm³/mol. The molecule has 1 atom stereocenters. The van der Waals surface area contributed by atoms with Crippen LogP contribution in [0.5, 0.6) is 0 Å². The first-order chi connectivity index (χ1) is 7.09. The molecule has 78 valence electrons. The fourth-order valence-corrected chi connectivity index (χ4v) is 1.63. The van der Waals surface area contributed by atoms with Gasteiger partial charge in [0.15, 0.2) is 6.04 Å². The topological polar surface area (TPSA) is 68.0 Å². The maximum absolute atomic E-state index is 10.7. The Morgan fingerprint density at radius 3 is 2.87 bits per heavy atom. The van der Waals surface area contributed by atoms with Crippen LogP contribution in [0, 0.1) is 0 Å². The summed E-state index contributed by atoms with van der Waals surface area (Å²) in [6, 6.07) is 4.70. The molecule has 1 N–H and O–H groups in total. The van der Waals surface area contributed by atoms with Gasteiger partial charge in [-0.1, -0.05) is 6.07 Å². The average Bonchev–Trinajstić information content (AvgIpc) is 2.61. The Labute approximate surface area is 93.8 Å². The van der Waals surface area contributed by atoms with Gasteiger partial charge in [-0.3, -0.25) is 0 Å². The molecule has 1 aromatic heterocycles. The van der Waals surface area contributed by atoms with Crippen LogP contribution in [0.25, 0.3) is 11.0 Å². The number of benzene rings is 1. The van der Waals surface area contributed by atoms with Crippen LogP contribution in [0.4, 0.5) is 0 Å². The number of hydrogen-bond donors (Lipinski definition) is 1. The fourth-order valence-electron chi connectivity index (χ4n) is 1.19. The standard InChI is InChI=1S/C9H8BrN3O2/c1-5(9(14)15)13-11-7-4-2-3-6(10)8(7)12-13/h2-5H,1H3,(H,14,15). The monoisotopic (exact) mass is 269 g/mol. The van der Waals surface area contributed by atoms with Crippen molar-refractivity contribution in [3.8, 4) is 0 Å². The van der Waals surface area contributed by atoms with Gasteiger partial charge in [0.1, 0.15) is 11.0 Å². The zero-order chi connectivity index (χ0) is 11.0. The van der Waals surface area contributed by atoms with E-state index in [1.54, 1.807) is 6.07 Å². The van der Waals surface area contributed by atoms with Crippen LogP contribution in [0.15, 0.2) is 22.7 Å². The normalized spacial score (nSPS) is 12.9. The smallest absolute Gasteiger partial charge is 0.330 e. The highest BCUT2D eigenvalue weighted by Gasteiger charge is 2.16. The first kappa shape index (κ1) is 10.1. The molecule has 0 fully saturated rings. The molecule has 0 aliphatic rings. The van der Waals surface area contributed by atoms with Crippen molar-refractivity contribution in [3.63, 3.8) is 0 Å². The van der Waals surface area contributed by atoms with Gasteiger partial charge in [-0.15, -0.1) is 0 Å². The van der Waals surface area contributed by atoms with E-state index >= 15 is 0 Å². The first-order valence-corrected chi connectivity index (χ1v) is 5.13. The average molecular weight is 270 g/mol. The summed E-state index contributed by atoms with van der Waals surface area (Å²) in [4.78, 5) is 12.0. The number of aliphatic carboxylic acids is 1. The zero-order valence-corrected chi connectivity index (χ0v) is 9.47. The lowest BCUT2D eigenvalue weighted by molar-refractivity contribution is -0.140. The molecule has 1 unspecified atom stereocenters. The molecule has 0 saturated carbocycles. The van der Waals surface area contributed by atoms with Crippen molar-refractivity contribution in [2.45, 2.75) is 13.0 Å². The van der Waals surface area contributed by atoms with E-state index in [0.29, 0.717) is 11.0 Å². The SMILES string of the molecule is CC(C(=O)O)n1nc2cccc(Br)c2n1. The number of fused-ring (bicyclic) bond motifs is 1. The summed E-state index contributed by atoms with van der Waals surface area (Å²) in [7, 11) is 0. The number of rotatable bonds is 2. The van der Waals surface area contributed by atoms with Gasteiger partial charge in [0.2, 0.25) is 0 Å². The Morgan fingerprint density at radius 2 is 2.27 bits per heavy atom. The summed E-state index contributed by atoms with van der Waals surface area (Å²) < 4.78 is 0.809. The quantitative estimate of drug-likeness (QED) is 0.904. The second-order valence-corrected chi connectivity index (χ2v) is 4.00. The van der Waals surface area contributed by atoms with Crippen molar-refractivity contribution >= 4 is 32.9 Å². The molecule has 0 bridgehead atoms. The van der Waals surface area contributed by atoms with Gasteiger partial charge in [0.25, 0.3) is 0 Å². The molecule has 1 aromatic carbocycles. The number of halogens is 1. The van der Waals surface area contributed by atoms with Crippen LogP contribution in [0.2, 0.25) is 0 Å². The zero-order valence-electron chi connectivity index (χ0n) is 7.88. The minimum atomic E-state index is -0.952. The van der Waals surface area contributed by atoms with Crippen LogP contribution < -0.4 is 0 Å². The third-order valence-electron chi connectivity index (χ3n) is 2.08. The van der Waals surface area contributed by atoms with Crippen LogP contribution in [0.3, 0.4) is 0 Å². The highest BCUT2D eigenvalue weighted by atomic mass is 79.9. The second-order valence-electron chi connectivity index (χ2n) is 3.14. The molecule has 0 radical (unpaired) electrons. The molecular weight excluding hydrogens is 262 g/mol. The molecule has 0 saturated heterocycles.